The van der Waals surface area contributed by atoms with Crippen LogP contribution in [-0.4, -0.2) is 38.4 Å². The first-order valence-corrected chi connectivity index (χ1v) is 14.3. The number of halogens is 6. The van der Waals surface area contributed by atoms with E-state index in [4.69, 9.17) is 4.74 Å². The highest BCUT2D eigenvalue weighted by molar-refractivity contribution is 5.90. The molecule has 0 saturated heterocycles. The van der Waals surface area contributed by atoms with E-state index < -0.39 is 53.7 Å². The van der Waals surface area contributed by atoms with Crippen molar-refractivity contribution in [3.63, 3.8) is 0 Å². The zero-order valence-corrected chi connectivity index (χ0v) is 25.6. The minimum absolute atomic E-state index is 0.0245. The van der Waals surface area contributed by atoms with Gasteiger partial charge in [-0.15, -0.1) is 5.10 Å². The molecule has 1 aliphatic rings. The van der Waals surface area contributed by atoms with Crippen molar-refractivity contribution in [2.75, 3.05) is 9.80 Å². The lowest BCUT2D eigenvalue weighted by Crippen LogP contribution is -2.48. The first-order valence-electron chi connectivity index (χ1n) is 14.3. The van der Waals surface area contributed by atoms with Gasteiger partial charge >= 0.3 is 18.4 Å². The zero-order chi connectivity index (χ0) is 32.8. The lowest BCUT2D eigenvalue weighted by atomic mass is 9.87. The van der Waals surface area contributed by atoms with Crippen molar-refractivity contribution in [1.82, 2.24) is 20.2 Å². The first kappa shape index (κ1) is 33.1. The number of hydrogen-bond acceptors (Lipinski definition) is 6. The van der Waals surface area contributed by atoms with Crippen LogP contribution in [0.3, 0.4) is 0 Å². The third-order valence-electron chi connectivity index (χ3n) is 7.30. The first-order chi connectivity index (χ1) is 20.3. The van der Waals surface area contributed by atoms with E-state index in [9.17, 15) is 31.1 Å². The van der Waals surface area contributed by atoms with E-state index >= 15 is 0 Å². The maximum absolute atomic E-state index is 13.8. The van der Waals surface area contributed by atoms with Gasteiger partial charge in [0.2, 0.25) is 0 Å². The third kappa shape index (κ3) is 7.10. The van der Waals surface area contributed by atoms with Crippen LogP contribution in [0.2, 0.25) is 0 Å². The fourth-order valence-electron chi connectivity index (χ4n) is 5.23. The molecular formula is C30H36F6N6O2. The van der Waals surface area contributed by atoms with Gasteiger partial charge in [-0.25, -0.2) is 4.79 Å². The number of aryl methyl sites for hydroxylation is 1. The maximum atomic E-state index is 13.8. The van der Waals surface area contributed by atoms with Crippen LogP contribution in [0.4, 0.5) is 42.8 Å². The van der Waals surface area contributed by atoms with Crippen molar-refractivity contribution >= 4 is 17.7 Å². The van der Waals surface area contributed by atoms with Gasteiger partial charge in [0.1, 0.15) is 0 Å². The molecule has 2 heterocycles. The fourth-order valence-corrected chi connectivity index (χ4v) is 5.23. The number of hydrogen-bond donors (Lipinski definition) is 0. The Morgan fingerprint density at radius 1 is 1.02 bits per heavy atom. The number of ether oxygens (including phenoxy) is 1. The van der Waals surface area contributed by atoms with E-state index in [-0.39, 0.29) is 30.1 Å². The van der Waals surface area contributed by atoms with Crippen molar-refractivity contribution in [2.24, 2.45) is 0 Å². The topological polar surface area (TPSA) is 76.4 Å². The molecule has 240 valence electrons. The van der Waals surface area contributed by atoms with Crippen LogP contribution < -0.4 is 9.80 Å². The van der Waals surface area contributed by atoms with Crippen molar-refractivity contribution in [3.05, 3.63) is 64.2 Å². The molecule has 2 aromatic carbocycles. The second-order valence-electron chi connectivity index (χ2n) is 12.3. The van der Waals surface area contributed by atoms with Crippen molar-refractivity contribution in [3.8, 4) is 0 Å². The molecule has 3 aromatic rings. The smallest absolute Gasteiger partial charge is 0.416 e. The number of anilines is 2. The van der Waals surface area contributed by atoms with E-state index in [0.717, 1.165) is 5.56 Å². The van der Waals surface area contributed by atoms with Crippen LogP contribution >= 0.6 is 0 Å². The summed E-state index contributed by atoms with van der Waals surface area (Å²) in [6, 6.07) is 5.91. The number of rotatable bonds is 6. The average Bonchev–Trinajstić information content (AvgIpc) is 3.40. The molecule has 44 heavy (non-hydrogen) atoms. The largest absolute Gasteiger partial charge is 0.446 e. The van der Waals surface area contributed by atoms with Gasteiger partial charge in [0.15, 0.2) is 0 Å². The van der Waals surface area contributed by atoms with Gasteiger partial charge in [-0.2, -0.15) is 31.1 Å². The SMILES string of the molecule is CC[C@@H]1C[C@H](N(Cc2cc(C(F)(F)F)cc(C(F)(F)F)c2)c2nnn(C(C)(C)C)n2)c2cc(C)ccc2N1C(=O)OC(C)C. The van der Waals surface area contributed by atoms with E-state index in [1.54, 1.807) is 29.7 Å². The summed E-state index contributed by atoms with van der Waals surface area (Å²) in [6.45, 7) is 12.3. The number of tetrazole rings is 1. The second-order valence-corrected chi connectivity index (χ2v) is 12.3. The Morgan fingerprint density at radius 3 is 2.14 bits per heavy atom. The summed E-state index contributed by atoms with van der Waals surface area (Å²) in [6.07, 6.45) is -10.2. The number of alkyl halides is 6. The lowest BCUT2D eigenvalue weighted by Gasteiger charge is -2.44. The Labute approximate surface area is 252 Å². The van der Waals surface area contributed by atoms with Crippen LogP contribution in [0.5, 0.6) is 0 Å². The van der Waals surface area contributed by atoms with Crippen LogP contribution in [0.1, 0.15) is 88.2 Å². The summed E-state index contributed by atoms with van der Waals surface area (Å²) in [5, 5.41) is 12.8. The molecule has 0 N–H and O–H groups in total. The Balaban J connectivity index is 1.92. The number of carbonyl (C=O) groups excluding carboxylic acids is 1. The fraction of sp³-hybridized carbons (Fsp3) is 0.533. The summed E-state index contributed by atoms with van der Waals surface area (Å²) in [4.78, 5) is 17.7. The normalized spacial score (nSPS) is 17.5. The summed E-state index contributed by atoms with van der Waals surface area (Å²) in [5.41, 5.74) is -1.68. The quantitative estimate of drug-likeness (QED) is 0.258. The number of benzene rings is 2. The van der Waals surface area contributed by atoms with E-state index in [1.807, 2.05) is 46.8 Å². The highest BCUT2D eigenvalue weighted by Gasteiger charge is 2.41. The maximum Gasteiger partial charge on any atom is 0.416 e. The van der Waals surface area contributed by atoms with Gasteiger partial charge < -0.3 is 9.64 Å². The van der Waals surface area contributed by atoms with E-state index in [0.29, 0.717) is 29.8 Å². The number of aromatic nitrogens is 4. The van der Waals surface area contributed by atoms with Crippen molar-refractivity contribution < 1.29 is 35.9 Å². The predicted octanol–water partition coefficient (Wildman–Crippen LogP) is 8.06. The molecule has 0 saturated carbocycles. The second kappa shape index (κ2) is 11.9. The zero-order valence-electron chi connectivity index (χ0n) is 25.6. The monoisotopic (exact) mass is 626 g/mol. The van der Waals surface area contributed by atoms with Crippen molar-refractivity contribution in [1.29, 1.82) is 0 Å². The molecule has 2 atom stereocenters. The molecule has 0 fully saturated rings. The average molecular weight is 627 g/mol. The molecule has 0 spiro atoms. The Morgan fingerprint density at radius 2 is 1.64 bits per heavy atom. The van der Waals surface area contributed by atoms with E-state index in [1.165, 1.54) is 4.80 Å². The third-order valence-corrected chi connectivity index (χ3v) is 7.30. The van der Waals surface area contributed by atoms with Crippen molar-refractivity contribution in [2.45, 2.75) is 104 Å². The standard InChI is InChI=1S/C30H36F6N6O2/c1-8-22-15-25(23-11-18(4)9-10-24(23)41(22)27(43)44-17(2)3)40(26-37-39-42(38-26)28(5,6)7)16-19-12-20(29(31,32)33)14-21(13-19)30(34,35)36/h9-14,17,22,25H,8,15-16H2,1-7H3/t22-,25+/m1/s1. The molecule has 4 rings (SSSR count). The highest BCUT2D eigenvalue weighted by atomic mass is 19.4. The molecule has 1 amide bonds. The van der Waals surface area contributed by atoms with Gasteiger partial charge in [-0.3, -0.25) is 4.90 Å². The number of nitrogens with zero attached hydrogens (tertiary/aromatic N) is 6. The molecule has 8 nitrogen and oxygen atoms in total. The van der Waals surface area contributed by atoms with Gasteiger partial charge in [0, 0.05) is 12.6 Å². The van der Waals surface area contributed by atoms with Crippen LogP contribution in [0, 0.1) is 6.92 Å². The Kier molecular flexibility index (Phi) is 8.96. The Hall–Kier alpha value is -3.84. The van der Waals surface area contributed by atoms with Gasteiger partial charge in [-0.05, 0) is 95.0 Å². The van der Waals surface area contributed by atoms with E-state index in [2.05, 4.69) is 15.4 Å². The van der Waals surface area contributed by atoms with Crippen LogP contribution in [0.15, 0.2) is 36.4 Å². The number of fused-ring (bicyclic) bond motifs is 1. The van der Waals surface area contributed by atoms with Gasteiger partial charge in [-0.1, -0.05) is 29.7 Å². The minimum Gasteiger partial charge on any atom is -0.446 e. The van der Waals surface area contributed by atoms with Gasteiger partial charge in [0.25, 0.3) is 5.95 Å². The molecular weight excluding hydrogens is 590 g/mol. The number of amides is 1. The molecule has 0 unspecified atom stereocenters. The highest BCUT2D eigenvalue weighted by Crippen LogP contribution is 2.44. The molecule has 0 radical (unpaired) electrons. The molecule has 1 aliphatic heterocycles. The molecule has 0 bridgehead atoms. The summed E-state index contributed by atoms with van der Waals surface area (Å²) in [7, 11) is 0. The van der Waals surface area contributed by atoms with Crippen LogP contribution in [-0.2, 0) is 29.2 Å². The molecule has 1 aromatic heterocycles. The summed E-state index contributed by atoms with van der Waals surface area (Å²) < 4.78 is 88.1. The predicted molar refractivity (Wildman–Crippen MR) is 152 cm³/mol. The summed E-state index contributed by atoms with van der Waals surface area (Å²) in [5.74, 6) is 0.0245. The molecule has 14 heteroatoms. The number of carbonyl (C=O) groups is 1. The van der Waals surface area contributed by atoms with Gasteiger partial charge in [0.05, 0.1) is 34.5 Å². The Bertz CT molecular complexity index is 1460. The summed E-state index contributed by atoms with van der Waals surface area (Å²) >= 11 is 0. The molecule has 0 aliphatic carbocycles. The minimum atomic E-state index is -5.01. The lowest BCUT2D eigenvalue weighted by molar-refractivity contribution is -0.143. The van der Waals surface area contributed by atoms with Crippen LogP contribution in [0.25, 0.3) is 0 Å².